The van der Waals surface area contributed by atoms with Gasteiger partial charge in [-0.2, -0.15) is 0 Å². The number of ether oxygens (including phenoxy) is 1. The Labute approximate surface area is 218 Å². The van der Waals surface area contributed by atoms with Crippen LogP contribution < -0.4 is 20.3 Å². The van der Waals surface area contributed by atoms with E-state index in [-0.39, 0.29) is 24.4 Å². The predicted octanol–water partition coefficient (Wildman–Crippen LogP) is 3.53. The molecule has 4 amide bonds. The van der Waals surface area contributed by atoms with E-state index < -0.39 is 5.54 Å². The Kier molecular flexibility index (Phi) is 8.21. The fraction of sp³-hybridized carbons (Fsp3) is 0.464. The van der Waals surface area contributed by atoms with Gasteiger partial charge < -0.3 is 30.1 Å². The van der Waals surface area contributed by atoms with E-state index in [0.29, 0.717) is 50.7 Å². The molecule has 2 aromatic rings. The lowest BCUT2D eigenvalue weighted by Crippen LogP contribution is -2.58. The zero-order valence-corrected chi connectivity index (χ0v) is 21.9. The highest BCUT2D eigenvalue weighted by molar-refractivity contribution is 5.97. The highest BCUT2D eigenvalue weighted by Gasteiger charge is 2.54. The Bertz CT molecular complexity index is 1080. The van der Waals surface area contributed by atoms with Crippen LogP contribution in [-0.4, -0.2) is 73.1 Å². The molecule has 2 heterocycles. The number of carbonyl (C=O) groups excluding carboxylic acids is 3. The van der Waals surface area contributed by atoms with Crippen molar-refractivity contribution >= 4 is 29.2 Å². The van der Waals surface area contributed by atoms with Crippen LogP contribution in [0.1, 0.15) is 33.1 Å². The molecule has 37 heavy (non-hydrogen) atoms. The average molecular weight is 508 g/mol. The molecule has 0 aromatic heterocycles. The van der Waals surface area contributed by atoms with Gasteiger partial charge in [0.2, 0.25) is 5.91 Å². The Balaban J connectivity index is 1.45. The third kappa shape index (κ3) is 5.81. The molecule has 0 aliphatic carbocycles. The molecule has 0 bridgehead atoms. The molecule has 1 unspecified atom stereocenters. The first kappa shape index (κ1) is 26.3. The van der Waals surface area contributed by atoms with Gasteiger partial charge in [0, 0.05) is 31.0 Å². The van der Waals surface area contributed by atoms with E-state index >= 15 is 0 Å². The number of amides is 4. The molecule has 0 saturated carbocycles. The zero-order chi connectivity index (χ0) is 26.4. The summed E-state index contributed by atoms with van der Waals surface area (Å²) in [5.74, 6) is 0.913. The van der Waals surface area contributed by atoms with Crippen LogP contribution in [0.15, 0.2) is 54.6 Å². The van der Waals surface area contributed by atoms with E-state index in [0.717, 1.165) is 17.9 Å². The fourth-order valence-corrected chi connectivity index (χ4v) is 4.94. The normalized spacial score (nSPS) is 17.6. The van der Waals surface area contributed by atoms with Crippen LogP contribution in [0.2, 0.25) is 0 Å². The summed E-state index contributed by atoms with van der Waals surface area (Å²) >= 11 is 0. The molecule has 2 N–H and O–H groups in total. The van der Waals surface area contributed by atoms with Gasteiger partial charge in [0.25, 0.3) is 5.91 Å². The number of benzene rings is 2. The Morgan fingerprint density at radius 2 is 1.73 bits per heavy atom. The van der Waals surface area contributed by atoms with Gasteiger partial charge in [0.1, 0.15) is 17.8 Å². The van der Waals surface area contributed by atoms with E-state index in [2.05, 4.69) is 29.4 Å². The van der Waals surface area contributed by atoms with Gasteiger partial charge in [-0.25, -0.2) is 4.79 Å². The van der Waals surface area contributed by atoms with Crippen molar-refractivity contribution in [2.24, 2.45) is 5.92 Å². The van der Waals surface area contributed by atoms with Crippen LogP contribution in [0.25, 0.3) is 0 Å². The molecule has 2 fully saturated rings. The number of anilines is 2. The summed E-state index contributed by atoms with van der Waals surface area (Å²) in [4.78, 5) is 44.9. The summed E-state index contributed by atoms with van der Waals surface area (Å²) < 4.78 is 5.17. The molecule has 9 heteroatoms. The van der Waals surface area contributed by atoms with Gasteiger partial charge in [-0.05, 0) is 55.2 Å². The maximum atomic E-state index is 13.8. The smallest absolute Gasteiger partial charge is 0.321 e. The summed E-state index contributed by atoms with van der Waals surface area (Å²) in [5.41, 5.74) is 0.841. The van der Waals surface area contributed by atoms with E-state index in [1.165, 1.54) is 0 Å². The molecule has 2 aromatic carbocycles. The van der Waals surface area contributed by atoms with E-state index in [1.807, 2.05) is 30.3 Å². The van der Waals surface area contributed by atoms with Crippen LogP contribution in [0, 0.1) is 5.92 Å². The molecule has 1 atom stereocenters. The Morgan fingerprint density at radius 1 is 1.05 bits per heavy atom. The summed E-state index contributed by atoms with van der Waals surface area (Å²) in [6, 6.07) is 16.8. The number of nitrogens with one attached hydrogen (secondary N) is 2. The lowest BCUT2D eigenvalue weighted by molar-refractivity contribution is -0.137. The van der Waals surface area contributed by atoms with E-state index in [4.69, 9.17) is 4.74 Å². The monoisotopic (exact) mass is 507 g/mol. The van der Waals surface area contributed by atoms with Gasteiger partial charge in [-0.15, -0.1) is 0 Å². The predicted molar refractivity (Wildman–Crippen MR) is 144 cm³/mol. The molecule has 9 nitrogen and oxygen atoms in total. The number of hydrogen-bond donors (Lipinski definition) is 2. The number of hydrogen-bond acceptors (Lipinski definition) is 5. The van der Waals surface area contributed by atoms with Crippen molar-refractivity contribution in [1.82, 2.24) is 15.1 Å². The minimum Gasteiger partial charge on any atom is -0.497 e. The van der Waals surface area contributed by atoms with Crippen molar-refractivity contribution < 1.29 is 19.1 Å². The van der Waals surface area contributed by atoms with Crippen molar-refractivity contribution in [3.63, 3.8) is 0 Å². The van der Waals surface area contributed by atoms with E-state index in [9.17, 15) is 14.4 Å². The van der Waals surface area contributed by atoms with Crippen molar-refractivity contribution in [1.29, 1.82) is 0 Å². The van der Waals surface area contributed by atoms with Gasteiger partial charge >= 0.3 is 6.03 Å². The first-order valence-corrected chi connectivity index (χ1v) is 12.9. The van der Waals surface area contributed by atoms with Crippen LogP contribution in [0.5, 0.6) is 5.75 Å². The van der Waals surface area contributed by atoms with Crippen LogP contribution in [0.3, 0.4) is 0 Å². The second-order valence-electron chi connectivity index (χ2n) is 9.90. The van der Waals surface area contributed by atoms with Crippen LogP contribution >= 0.6 is 0 Å². The highest BCUT2D eigenvalue weighted by Crippen LogP contribution is 2.39. The number of likely N-dealkylation sites (tertiary alicyclic amines) is 1. The quantitative estimate of drug-likeness (QED) is 0.570. The number of para-hydroxylation sites is 1. The molecule has 2 aliphatic heterocycles. The number of methoxy groups -OCH3 is 1. The lowest BCUT2D eigenvalue weighted by Gasteiger charge is -2.43. The minimum atomic E-state index is -0.783. The third-order valence-corrected chi connectivity index (χ3v) is 7.48. The first-order valence-electron chi connectivity index (χ1n) is 12.9. The average Bonchev–Trinajstić information content (AvgIpc) is 3.19. The van der Waals surface area contributed by atoms with Gasteiger partial charge in [0.05, 0.1) is 13.8 Å². The Hall–Kier alpha value is -3.75. The summed E-state index contributed by atoms with van der Waals surface area (Å²) in [6.07, 6.45) is 1.96. The SMILES string of the molecule is CCC(C)CNC(=O)CN1CN(c2ccccc2)C2(CCN(C(=O)Nc3ccc(OC)cc3)CC2)C1=O. The number of rotatable bonds is 8. The molecule has 2 aliphatic rings. The maximum Gasteiger partial charge on any atom is 0.321 e. The molecule has 4 rings (SSSR count). The first-order chi connectivity index (χ1) is 17.9. The fourth-order valence-electron chi connectivity index (χ4n) is 4.94. The minimum absolute atomic E-state index is 0.0298. The molecule has 198 valence electrons. The van der Waals surface area contributed by atoms with Gasteiger partial charge in [0.15, 0.2) is 0 Å². The van der Waals surface area contributed by atoms with E-state index in [1.54, 1.807) is 41.2 Å². The number of urea groups is 1. The van der Waals surface area contributed by atoms with Crippen molar-refractivity contribution in [2.75, 3.05) is 50.2 Å². The van der Waals surface area contributed by atoms with Crippen molar-refractivity contribution in [2.45, 2.75) is 38.6 Å². The third-order valence-electron chi connectivity index (χ3n) is 7.48. The molecular weight excluding hydrogens is 470 g/mol. The summed E-state index contributed by atoms with van der Waals surface area (Å²) in [7, 11) is 1.60. The van der Waals surface area contributed by atoms with Crippen molar-refractivity contribution in [3.05, 3.63) is 54.6 Å². The second kappa shape index (κ2) is 11.5. The van der Waals surface area contributed by atoms with Gasteiger partial charge in [-0.3, -0.25) is 9.59 Å². The molecule has 1 spiro atoms. The second-order valence-corrected chi connectivity index (χ2v) is 9.90. The molecule has 2 saturated heterocycles. The molecule has 0 radical (unpaired) electrons. The van der Waals surface area contributed by atoms with Gasteiger partial charge in [-0.1, -0.05) is 38.5 Å². The lowest BCUT2D eigenvalue weighted by atomic mass is 9.85. The topological polar surface area (TPSA) is 94.2 Å². The number of piperidine rings is 1. The Morgan fingerprint density at radius 3 is 2.35 bits per heavy atom. The van der Waals surface area contributed by atoms with Crippen molar-refractivity contribution in [3.8, 4) is 5.75 Å². The largest absolute Gasteiger partial charge is 0.497 e. The standard InChI is InChI=1S/C28H37N5O4/c1-4-21(2)18-29-25(34)19-32-20-33(23-8-6-5-7-9-23)28(26(32)35)14-16-31(17-15-28)27(36)30-22-10-12-24(37-3)13-11-22/h5-13,21H,4,14-20H2,1-3H3,(H,29,34)(H,30,36). The molecular formula is C28H37N5O4. The van der Waals surface area contributed by atoms with Crippen LogP contribution in [0.4, 0.5) is 16.2 Å². The van der Waals surface area contributed by atoms with Crippen LogP contribution in [-0.2, 0) is 9.59 Å². The number of carbonyl (C=O) groups is 3. The maximum absolute atomic E-state index is 13.8. The summed E-state index contributed by atoms with van der Waals surface area (Å²) in [6.45, 7) is 6.02. The zero-order valence-electron chi connectivity index (χ0n) is 21.9. The number of nitrogens with zero attached hydrogens (tertiary/aromatic N) is 3. The highest BCUT2D eigenvalue weighted by atomic mass is 16.5. The summed E-state index contributed by atoms with van der Waals surface area (Å²) in [5, 5.41) is 5.89.